The van der Waals surface area contributed by atoms with Crippen molar-refractivity contribution in [1.82, 2.24) is 9.55 Å². The number of phenols is 2. The van der Waals surface area contributed by atoms with Crippen LogP contribution in [0.3, 0.4) is 0 Å². The highest BCUT2D eigenvalue weighted by Crippen LogP contribution is 2.52. The van der Waals surface area contributed by atoms with E-state index in [0.29, 0.717) is 0 Å². The van der Waals surface area contributed by atoms with Gasteiger partial charge in [0.1, 0.15) is 53.6 Å². The van der Waals surface area contributed by atoms with Crippen LogP contribution in [-0.2, 0) is 34.5 Å². The number of phosphoric acid groups is 1. The molecule has 1 aromatic heterocycles. The van der Waals surface area contributed by atoms with E-state index >= 15 is 0 Å². The summed E-state index contributed by atoms with van der Waals surface area (Å²) in [6.07, 6.45) is -7.25. The van der Waals surface area contributed by atoms with Crippen molar-refractivity contribution in [2.24, 2.45) is 5.73 Å². The minimum absolute atomic E-state index is 0.0173. The summed E-state index contributed by atoms with van der Waals surface area (Å²) in [7, 11) is -3.35. The van der Waals surface area contributed by atoms with Crippen molar-refractivity contribution in [2.75, 3.05) is 26.1 Å². The van der Waals surface area contributed by atoms with Crippen molar-refractivity contribution in [3.63, 3.8) is 0 Å². The normalized spacial score (nSPS) is 30.5. The highest BCUT2D eigenvalue weighted by atomic mass is 31.2. The van der Waals surface area contributed by atoms with Crippen molar-refractivity contribution < 1.29 is 88.0 Å². The van der Waals surface area contributed by atoms with Gasteiger partial charge in [-0.25, -0.2) is 9.55 Å². The summed E-state index contributed by atoms with van der Waals surface area (Å²) < 4.78 is 38.4. The van der Waals surface area contributed by atoms with Crippen LogP contribution in [0, 0.1) is 0 Å². The zero-order chi connectivity index (χ0) is 42.6. The molecule has 23 heteroatoms. The fraction of sp³-hybridized carbons (Fsp3) is 0.486. The molecule has 0 unspecified atom stereocenters. The number of nitrogens with two attached hydrogens (primary N) is 2. The third-order valence-electron chi connectivity index (χ3n) is 10.5. The van der Waals surface area contributed by atoms with Crippen LogP contribution in [0.5, 0.6) is 17.2 Å². The monoisotopic (exact) mass is 838 g/mol. The van der Waals surface area contributed by atoms with E-state index in [1.807, 2.05) is 0 Å². The number of carbonyl (C=O) groups excluding carboxylic acids is 3. The number of phenolic OH excluding ortho intramolecular Hbond substituents is 2. The van der Waals surface area contributed by atoms with Gasteiger partial charge >= 0.3 is 7.82 Å². The number of aromatic nitrogens is 2. The molecule has 2 aromatic carbocycles. The lowest BCUT2D eigenvalue weighted by Crippen LogP contribution is -2.53. The van der Waals surface area contributed by atoms with Gasteiger partial charge in [-0.3, -0.25) is 23.5 Å². The molecule has 4 aliphatic rings. The number of ketones is 3. The van der Waals surface area contributed by atoms with E-state index < -0.39 is 135 Å². The van der Waals surface area contributed by atoms with Gasteiger partial charge in [-0.1, -0.05) is 12.1 Å². The van der Waals surface area contributed by atoms with Crippen LogP contribution in [0.25, 0.3) is 0 Å². The maximum absolute atomic E-state index is 13.6. The van der Waals surface area contributed by atoms with Gasteiger partial charge in [0.25, 0.3) is 0 Å². The summed E-state index contributed by atoms with van der Waals surface area (Å²) in [5.41, 5.74) is 7.96. The number of hydrogen-bond acceptors (Lipinski definition) is 19. The number of nitrogens with zero attached hydrogens (tertiary/aromatic N) is 2. The molecule has 2 fully saturated rings. The first kappa shape index (κ1) is 43.2. The topological polar surface area (TPSA) is 366 Å². The van der Waals surface area contributed by atoms with Crippen LogP contribution in [-0.4, -0.2) is 141 Å². The zero-order valence-electron chi connectivity index (χ0n) is 30.8. The van der Waals surface area contributed by atoms with Crippen molar-refractivity contribution >= 4 is 31.0 Å². The van der Waals surface area contributed by atoms with Gasteiger partial charge in [0, 0.05) is 42.0 Å². The zero-order valence-corrected chi connectivity index (χ0v) is 31.7. The molecule has 0 saturated carbocycles. The van der Waals surface area contributed by atoms with Crippen LogP contribution in [0.1, 0.15) is 75.1 Å². The van der Waals surface area contributed by atoms with Gasteiger partial charge in [-0.05, 0) is 13.0 Å². The van der Waals surface area contributed by atoms with E-state index in [1.165, 1.54) is 42.4 Å². The molecule has 2 aliphatic carbocycles. The Morgan fingerprint density at radius 2 is 1.74 bits per heavy atom. The summed E-state index contributed by atoms with van der Waals surface area (Å²) in [5, 5.41) is 73.2. The molecule has 0 radical (unpaired) electrons. The van der Waals surface area contributed by atoms with Gasteiger partial charge in [0.2, 0.25) is 5.78 Å². The summed E-state index contributed by atoms with van der Waals surface area (Å²) in [5.74, 6) is -3.56. The molecule has 3 aromatic rings. The summed E-state index contributed by atoms with van der Waals surface area (Å²) in [4.78, 5) is 60.6. The van der Waals surface area contributed by atoms with Crippen molar-refractivity contribution in [2.45, 2.75) is 87.0 Å². The van der Waals surface area contributed by atoms with Gasteiger partial charge in [0.05, 0.1) is 61.2 Å². The number of rotatable bonds is 9. The molecule has 0 spiro atoms. The Labute approximate surface area is 328 Å². The van der Waals surface area contributed by atoms with Crippen LogP contribution in [0.4, 0.5) is 5.82 Å². The van der Waals surface area contributed by atoms with Gasteiger partial charge in [-0.2, -0.15) is 0 Å². The summed E-state index contributed by atoms with van der Waals surface area (Å²) >= 11 is 0. The summed E-state index contributed by atoms with van der Waals surface area (Å²) in [6.45, 7) is -0.00224. The van der Waals surface area contributed by atoms with Gasteiger partial charge < -0.3 is 75.9 Å². The molecule has 13 N–H and O–H groups in total. The number of hydrogen-bond donors (Lipinski definition) is 11. The number of phosphoric ester groups is 1. The van der Waals surface area contributed by atoms with Crippen molar-refractivity contribution in [3.05, 3.63) is 64.1 Å². The Morgan fingerprint density at radius 3 is 2.34 bits per heavy atom. The minimum atomic E-state index is -4.67. The lowest BCUT2D eigenvalue weighted by atomic mass is 9.72. The van der Waals surface area contributed by atoms with Crippen LogP contribution < -0.4 is 16.2 Å². The number of fused-ring (bicyclic) bond motifs is 3. The number of aliphatic hydroxyl groups is 5. The second kappa shape index (κ2) is 16.3. The maximum Gasteiger partial charge on any atom is 0.469 e. The first-order valence-electron chi connectivity index (χ1n) is 17.7. The fourth-order valence-electron chi connectivity index (χ4n) is 7.54. The number of Topliss-reactive ketones (excluding diaryl/α,β-unsaturated/α-hetero) is 1. The number of nitrogen functional groups attached to an aromatic ring is 1. The molecule has 0 amide bonds. The molecular formula is C35H43N4O18P. The molecule has 7 rings (SSSR count). The fourth-order valence-corrected chi connectivity index (χ4v) is 7.89. The molecule has 316 valence electrons. The second-order valence-corrected chi connectivity index (χ2v) is 15.5. The van der Waals surface area contributed by atoms with Crippen LogP contribution in [0.2, 0.25) is 0 Å². The molecule has 58 heavy (non-hydrogen) atoms. The van der Waals surface area contributed by atoms with Crippen LogP contribution >= 0.6 is 7.82 Å². The SMILES string of the molecule is COc1cccc2c1C(=O)c1c(O)c3c(c(O)c1C2=O)C[C@@](O)(C(=O)CO)C[C@@H]3O[C@H]1C[C@H](N)[C@H](O)[C@H](C)O1.Nc1cncn1[C@@H]1O[C@H](COP(=O)(O)O)[C@@H](O)[C@H]1O. The Bertz CT molecular complexity index is 2130. The number of aliphatic hydroxyl groups excluding tert-OH is 4. The Kier molecular flexibility index (Phi) is 12.2. The molecular weight excluding hydrogens is 795 g/mol. The highest BCUT2D eigenvalue weighted by molar-refractivity contribution is 7.46. The average molecular weight is 839 g/mol. The number of anilines is 1. The minimum Gasteiger partial charge on any atom is -0.507 e. The molecule has 10 atom stereocenters. The molecule has 3 heterocycles. The number of benzene rings is 2. The van der Waals surface area contributed by atoms with Crippen LogP contribution in [0.15, 0.2) is 30.7 Å². The molecule has 2 saturated heterocycles. The first-order chi connectivity index (χ1) is 27.2. The number of methoxy groups -OCH3 is 1. The smallest absolute Gasteiger partial charge is 0.469 e. The van der Waals surface area contributed by atoms with E-state index in [9.17, 15) is 54.7 Å². The Hall–Kier alpha value is -4.39. The van der Waals surface area contributed by atoms with Gasteiger partial charge in [-0.15, -0.1) is 0 Å². The second-order valence-electron chi connectivity index (χ2n) is 14.2. The predicted octanol–water partition coefficient (Wildman–Crippen LogP) is -1.80. The standard InChI is InChI=1S/C27H29NO11.C8H14N3O7P/c1-10-22(31)13(28)6-17(38-10)39-15-8-27(36,16(30)9-29)7-12-19(15)26(35)21-20(24(12)33)23(32)11-4-3-5-14(37-2)18(11)25(21)34;9-5-1-10-3-11(5)8-7(13)6(12)4(18-8)2-17-19(14,15)16/h3-5,10,13,15,17,22,29,31,33,35-36H,6-9,28H2,1-2H3;1,3-4,6-8,12-13H,2,9H2,(H2,14,15,16)/t10-,13-,15-,17-,22+,27-;4-,6-,7-,8-/m01/s1. The predicted molar refractivity (Wildman–Crippen MR) is 192 cm³/mol. The number of imidazole rings is 1. The van der Waals surface area contributed by atoms with E-state index in [0.717, 1.165) is 0 Å². The van der Waals surface area contributed by atoms with Crippen molar-refractivity contribution in [3.8, 4) is 17.2 Å². The third-order valence-corrected chi connectivity index (χ3v) is 11.0. The highest BCUT2D eigenvalue weighted by Gasteiger charge is 2.50. The first-order valence-corrected chi connectivity index (χ1v) is 19.2. The summed E-state index contributed by atoms with van der Waals surface area (Å²) in [6, 6.07) is 3.64. The van der Waals surface area contributed by atoms with E-state index in [-0.39, 0.29) is 40.2 Å². The number of carbonyl (C=O) groups is 3. The Balaban J connectivity index is 0.000000250. The lowest BCUT2D eigenvalue weighted by Gasteiger charge is -2.42. The van der Waals surface area contributed by atoms with E-state index in [1.54, 1.807) is 6.92 Å². The number of ether oxygens (including phenoxy) is 4. The third kappa shape index (κ3) is 7.87. The largest absolute Gasteiger partial charge is 0.507 e. The van der Waals surface area contributed by atoms with E-state index in [2.05, 4.69) is 9.51 Å². The number of aromatic hydroxyl groups is 2. The molecule has 2 aliphatic heterocycles. The maximum atomic E-state index is 13.6. The average Bonchev–Trinajstić information content (AvgIpc) is 3.72. The van der Waals surface area contributed by atoms with E-state index in [4.69, 9.17) is 40.2 Å². The lowest BCUT2D eigenvalue weighted by molar-refractivity contribution is -0.247. The van der Waals surface area contributed by atoms with Gasteiger partial charge in [0.15, 0.2) is 24.1 Å². The molecule has 0 bridgehead atoms. The van der Waals surface area contributed by atoms with Crippen molar-refractivity contribution in [1.29, 1.82) is 0 Å². The quantitative estimate of drug-likeness (QED) is 0.0654. The molecule has 22 nitrogen and oxygen atoms in total. The Morgan fingerprint density at radius 1 is 1.05 bits per heavy atom.